The molecule has 0 radical (unpaired) electrons. The van der Waals surface area contributed by atoms with Crippen molar-refractivity contribution in [3.63, 3.8) is 0 Å². The zero-order valence-electron chi connectivity index (χ0n) is 9.05. The predicted molar refractivity (Wildman–Crippen MR) is 61.8 cm³/mol. The SMILES string of the molecule is CCOc1cc(CC(=O)CCl)ccc1C. The zero-order valence-corrected chi connectivity index (χ0v) is 9.80. The van der Waals surface area contributed by atoms with Crippen molar-refractivity contribution in [3.05, 3.63) is 29.3 Å². The normalized spacial score (nSPS) is 10.1. The van der Waals surface area contributed by atoms with Crippen LogP contribution in [-0.2, 0) is 11.2 Å². The Kier molecular flexibility index (Phi) is 4.63. The quantitative estimate of drug-likeness (QED) is 0.722. The van der Waals surface area contributed by atoms with Crippen molar-refractivity contribution < 1.29 is 9.53 Å². The maximum Gasteiger partial charge on any atom is 0.151 e. The minimum absolute atomic E-state index is 0.0305. The highest BCUT2D eigenvalue weighted by molar-refractivity contribution is 6.27. The fraction of sp³-hybridized carbons (Fsp3) is 0.417. The van der Waals surface area contributed by atoms with Gasteiger partial charge in [-0.15, -0.1) is 11.6 Å². The van der Waals surface area contributed by atoms with Gasteiger partial charge in [0.25, 0.3) is 0 Å². The van der Waals surface area contributed by atoms with E-state index in [2.05, 4.69) is 0 Å². The third kappa shape index (κ3) is 3.56. The third-order valence-corrected chi connectivity index (χ3v) is 2.40. The average molecular weight is 227 g/mol. The summed E-state index contributed by atoms with van der Waals surface area (Å²) in [6, 6.07) is 5.80. The first-order valence-electron chi connectivity index (χ1n) is 4.97. The van der Waals surface area contributed by atoms with E-state index < -0.39 is 0 Å². The Morgan fingerprint density at radius 3 is 2.80 bits per heavy atom. The van der Waals surface area contributed by atoms with E-state index in [1.807, 2.05) is 32.0 Å². The molecule has 0 saturated carbocycles. The van der Waals surface area contributed by atoms with Crippen molar-refractivity contribution in [1.29, 1.82) is 0 Å². The monoisotopic (exact) mass is 226 g/mol. The summed E-state index contributed by atoms with van der Waals surface area (Å²) < 4.78 is 5.45. The molecule has 3 heteroatoms. The van der Waals surface area contributed by atoms with Gasteiger partial charge < -0.3 is 4.74 Å². The second-order valence-corrected chi connectivity index (χ2v) is 3.65. The van der Waals surface area contributed by atoms with Crippen LogP contribution in [-0.4, -0.2) is 18.3 Å². The largest absolute Gasteiger partial charge is 0.494 e. The molecule has 2 nitrogen and oxygen atoms in total. The van der Waals surface area contributed by atoms with Gasteiger partial charge >= 0.3 is 0 Å². The van der Waals surface area contributed by atoms with Gasteiger partial charge in [0.05, 0.1) is 12.5 Å². The Morgan fingerprint density at radius 2 is 2.20 bits per heavy atom. The molecular formula is C12H15ClO2. The first-order valence-corrected chi connectivity index (χ1v) is 5.50. The number of carbonyl (C=O) groups is 1. The summed E-state index contributed by atoms with van der Waals surface area (Å²) in [5.41, 5.74) is 2.04. The lowest BCUT2D eigenvalue weighted by molar-refractivity contribution is -0.116. The fourth-order valence-corrected chi connectivity index (χ4v) is 1.43. The van der Waals surface area contributed by atoms with Gasteiger partial charge in [-0.2, -0.15) is 0 Å². The predicted octanol–water partition coefficient (Wildman–Crippen LogP) is 2.74. The van der Waals surface area contributed by atoms with Crippen molar-refractivity contribution in [2.75, 3.05) is 12.5 Å². The van der Waals surface area contributed by atoms with E-state index in [0.29, 0.717) is 13.0 Å². The van der Waals surface area contributed by atoms with Crippen LogP contribution in [0.5, 0.6) is 5.75 Å². The molecule has 0 aliphatic carbocycles. The zero-order chi connectivity index (χ0) is 11.3. The van der Waals surface area contributed by atoms with Gasteiger partial charge in [-0.25, -0.2) is 0 Å². The number of alkyl halides is 1. The molecule has 82 valence electrons. The van der Waals surface area contributed by atoms with E-state index in [9.17, 15) is 4.79 Å². The third-order valence-electron chi connectivity index (χ3n) is 2.10. The van der Waals surface area contributed by atoms with Crippen molar-refractivity contribution >= 4 is 17.4 Å². The van der Waals surface area contributed by atoms with Crippen LogP contribution in [0.3, 0.4) is 0 Å². The van der Waals surface area contributed by atoms with Gasteiger partial charge in [0, 0.05) is 6.42 Å². The number of hydrogen-bond donors (Lipinski definition) is 0. The fourth-order valence-electron chi connectivity index (χ4n) is 1.34. The standard InChI is InChI=1S/C12H15ClO2/c1-3-15-12-7-10(5-4-9(12)2)6-11(14)8-13/h4-5,7H,3,6,8H2,1-2H3. The van der Waals surface area contributed by atoms with Crippen LogP contribution in [0.4, 0.5) is 0 Å². The Hall–Kier alpha value is -1.02. The van der Waals surface area contributed by atoms with E-state index in [-0.39, 0.29) is 11.7 Å². The first-order chi connectivity index (χ1) is 7.17. The van der Waals surface area contributed by atoms with Crippen LogP contribution in [0.25, 0.3) is 0 Å². The van der Waals surface area contributed by atoms with Crippen LogP contribution in [0.1, 0.15) is 18.1 Å². The molecule has 0 spiro atoms. The highest BCUT2D eigenvalue weighted by atomic mass is 35.5. The van der Waals surface area contributed by atoms with E-state index >= 15 is 0 Å². The maximum atomic E-state index is 11.2. The number of ether oxygens (including phenoxy) is 1. The topological polar surface area (TPSA) is 26.3 Å². The van der Waals surface area contributed by atoms with E-state index in [0.717, 1.165) is 16.9 Å². The summed E-state index contributed by atoms with van der Waals surface area (Å²) in [6.45, 7) is 4.56. The molecule has 0 bridgehead atoms. The molecule has 0 amide bonds. The van der Waals surface area contributed by atoms with Crippen LogP contribution < -0.4 is 4.74 Å². The van der Waals surface area contributed by atoms with E-state index in [1.165, 1.54) is 0 Å². The maximum absolute atomic E-state index is 11.2. The second-order valence-electron chi connectivity index (χ2n) is 3.38. The molecule has 0 atom stereocenters. The summed E-state index contributed by atoms with van der Waals surface area (Å²) in [5, 5.41) is 0. The number of carbonyl (C=O) groups excluding carboxylic acids is 1. The van der Waals surface area contributed by atoms with Crippen LogP contribution in [0.15, 0.2) is 18.2 Å². The molecule has 0 fully saturated rings. The van der Waals surface area contributed by atoms with Gasteiger partial charge in [-0.3, -0.25) is 4.79 Å². The van der Waals surface area contributed by atoms with Gasteiger partial charge in [-0.05, 0) is 31.0 Å². The Bertz CT molecular complexity index is 347. The molecular weight excluding hydrogens is 212 g/mol. The summed E-state index contributed by atoms with van der Waals surface area (Å²) in [5.74, 6) is 0.943. The summed E-state index contributed by atoms with van der Waals surface area (Å²) in [6.07, 6.45) is 0.379. The number of halogens is 1. The molecule has 1 aromatic rings. The highest BCUT2D eigenvalue weighted by Gasteiger charge is 2.05. The van der Waals surface area contributed by atoms with E-state index in [1.54, 1.807) is 0 Å². The summed E-state index contributed by atoms with van der Waals surface area (Å²) in [4.78, 5) is 11.2. The molecule has 1 rings (SSSR count). The van der Waals surface area contributed by atoms with Crippen molar-refractivity contribution in [1.82, 2.24) is 0 Å². The number of rotatable bonds is 5. The lowest BCUT2D eigenvalue weighted by Gasteiger charge is -2.08. The molecule has 0 aromatic heterocycles. The number of ketones is 1. The number of aryl methyl sites for hydroxylation is 1. The molecule has 15 heavy (non-hydrogen) atoms. The number of Topliss-reactive ketones (excluding diaryl/α,β-unsaturated/α-hetero) is 1. The van der Waals surface area contributed by atoms with Crippen molar-refractivity contribution in [3.8, 4) is 5.75 Å². The molecule has 0 heterocycles. The van der Waals surface area contributed by atoms with Crippen LogP contribution in [0.2, 0.25) is 0 Å². The average Bonchev–Trinajstić information content (AvgIpc) is 2.23. The number of hydrogen-bond acceptors (Lipinski definition) is 2. The minimum Gasteiger partial charge on any atom is -0.494 e. The van der Waals surface area contributed by atoms with Crippen LogP contribution >= 0.6 is 11.6 Å². The molecule has 0 saturated heterocycles. The Morgan fingerprint density at radius 1 is 1.47 bits per heavy atom. The van der Waals surface area contributed by atoms with Gasteiger partial charge in [-0.1, -0.05) is 12.1 Å². The van der Waals surface area contributed by atoms with Gasteiger partial charge in [0.15, 0.2) is 5.78 Å². The Labute approximate surface area is 95.2 Å². The second kappa shape index (κ2) is 5.76. The molecule has 0 aliphatic rings. The smallest absolute Gasteiger partial charge is 0.151 e. The lowest BCUT2D eigenvalue weighted by Crippen LogP contribution is -2.04. The van der Waals surface area contributed by atoms with Crippen LogP contribution in [0, 0.1) is 6.92 Å². The summed E-state index contributed by atoms with van der Waals surface area (Å²) >= 11 is 5.45. The summed E-state index contributed by atoms with van der Waals surface area (Å²) in [7, 11) is 0. The van der Waals surface area contributed by atoms with Gasteiger partial charge in [0.1, 0.15) is 5.75 Å². The van der Waals surface area contributed by atoms with E-state index in [4.69, 9.17) is 16.3 Å². The Balaban J connectivity index is 2.82. The molecule has 1 aromatic carbocycles. The highest BCUT2D eigenvalue weighted by Crippen LogP contribution is 2.20. The van der Waals surface area contributed by atoms with Gasteiger partial charge in [0.2, 0.25) is 0 Å². The lowest BCUT2D eigenvalue weighted by atomic mass is 10.1. The minimum atomic E-state index is 0.0305. The molecule has 0 aliphatic heterocycles. The van der Waals surface area contributed by atoms with Crippen molar-refractivity contribution in [2.45, 2.75) is 20.3 Å². The number of benzene rings is 1. The first kappa shape index (κ1) is 12.1. The van der Waals surface area contributed by atoms with Crippen molar-refractivity contribution in [2.24, 2.45) is 0 Å². The molecule has 0 N–H and O–H groups in total. The molecule has 0 unspecified atom stereocenters.